The van der Waals surface area contributed by atoms with Crippen molar-refractivity contribution in [3.05, 3.63) is 0 Å². The maximum atomic E-state index is 11.9. The van der Waals surface area contributed by atoms with Gasteiger partial charge in [-0.25, -0.2) is 0 Å². The Kier molecular flexibility index (Phi) is 5.45. The Bertz CT molecular complexity index is 256. The van der Waals surface area contributed by atoms with Crippen LogP contribution in [0.4, 0.5) is 0 Å². The van der Waals surface area contributed by atoms with Gasteiger partial charge in [0.2, 0.25) is 5.91 Å². The molecule has 0 aromatic carbocycles. The normalized spacial score (nSPS) is 26.4. The lowest BCUT2D eigenvalue weighted by Gasteiger charge is -2.32. The summed E-state index contributed by atoms with van der Waals surface area (Å²) in [7, 11) is 0. The van der Waals surface area contributed by atoms with E-state index >= 15 is 0 Å². The van der Waals surface area contributed by atoms with E-state index in [1.165, 1.54) is 19.4 Å². The summed E-state index contributed by atoms with van der Waals surface area (Å²) in [6.07, 6.45) is 6.49. The topological polar surface area (TPSA) is 44.4 Å². The van der Waals surface area contributed by atoms with Crippen LogP contribution in [0.25, 0.3) is 0 Å². The number of carbonyl (C=O) groups is 1. The van der Waals surface area contributed by atoms with Crippen LogP contribution in [-0.2, 0) is 4.79 Å². The van der Waals surface area contributed by atoms with Crippen molar-refractivity contribution in [2.75, 3.05) is 26.2 Å². The lowest BCUT2D eigenvalue weighted by atomic mass is 10.0. The molecule has 0 radical (unpaired) electrons. The van der Waals surface area contributed by atoms with Crippen molar-refractivity contribution in [2.45, 2.75) is 57.5 Å². The number of rotatable bonds is 5. The molecule has 2 rings (SSSR count). The quantitative estimate of drug-likeness (QED) is 0.772. The highest BCUT2D eigenvalue weighted by Crippen LogP contribution is 2.12. The van der Waals surface area contributed by atoms with Gasteiger partial charge >= 0.3 is 0 Å². The Morgan fingerprint density at radius 1 is 1.33 bits per heavy atom. The van der Waals surface area contributed by atoms with Crippen LogP contribution < -0.4 is 10.6 Å². The van der Waals surface area contributed by atoms with Gasteiger partial charge in [0, 0.05) is 31.6 Å². The van der Waals surface area contributed by atoms with Crippen molar-refractivity contribution in [1.82, 2.24) is 15.5 Å². The van der Waals surface area contributed by atoms with Crippen molar-refractivity contribution in [1.29, 1.82) is 0 Å². The molecule has 2 fully saturated rings. The molecule has 0 saturated carbocycles. The van der Waals surface area contributed by atoms with E-state index in [2.05, 4.69) is 22.5 Å². The van der Waals surface area contributed by atoms with Gasteiger partial charge in [-0.3, -0.25) is 4.79 Å². The van der Waals surface area contributed by atoms with Crippen molar-refractivity contribution in [3.8, 4) is 0 Å². The molecular weight excluding hydrogens is 226 g/mol. The van der Waals surface area contributed by atoms with E-state index in [0.29, 0.717) is 18.5 Å². The SMILES string of the molecule is CCCN1CCC(NC(=O)CC2CCCN2)CC1. The first-order chi connectivity index (χ1) is 8.78. The summed E-state index contributed by atoms with van der Waals surface area (Å²) in [6.45, 7) is 6.78. The standard InChI is InChI=1S/C14H27N3O/c1-2-8-17-9-5-12(6-10-17)16-14(18)11-13-4-3-7-15-13/h12-13,15H,2-11H2,1H3,(H,16,18). The van der Waals surface area contributed by atoms with E-state index in [1.54, 1.807) is 0 Å². The number of hydrogen-bond acceptors (Lipinski definition) is 3. The van der Waals surface area contributed by atoms with Crippen LogP contribution in [0.15, 0.2) is 0 Å². The summed E-state index contributed by atoms with van der Waals surface area (Å²) < 4.78 is 0. The molecule has 2 saturated heterocycles. The van der Waals surface area contributed by atoms with Gasteiger partial charge in [-0.1, -0.05) is 6.92 Å². The molecular formula is C14H27N3O. The largest absolute Gasteiger partial charge is 0.353 e. The molecule has 1 amide bonds. The zero-order chi connectivity index (χ0) is 12.8. The highest BCUT2D eigenvalue weighted by molar-refractivity contribution is 5.76. The van der Waals surface area contributed by atoms with E-state index in [9.17, 15) is 4.79 Å². The maximum Gasteiger partial charge on any atom is 0.221 e. The molecule has 2 aliphatic heterocycles. The Morgan fingerprint density at radius 2 is 2.11 bits per heavy atom. The molecule has 4 nitrogen and oxygen atoms in total. The number of nitrogens with zero attached hydrogens (tertiary/aromatic N) is 1. The van der Waals surface area contributed by atoms with Crippen LogP contribution in [0.5, 0.6) is 0 Å². The summed E-state index contributed by atoms with van der Waals surface area (Å²) in [5, 5.41) is 6.58. The fourth-order valence-corrected chi connectivity index (χ4v) is 3.06. The molecule has 2 N–H and O–H groups in total. The minimum Gasteiger partial charge on any atom is -0.353 e. The first-order valence-electron chi connectivity index (χ1n) is 7.53. The van der Waals surface area contributed by atoms with Gasteiger partial charge in [0.1, 0.15) is 0 Å². The lowest BCUT2D eigenvalue weighted by molar-refractivity contribution is -0.122. The van der Waals surface area contributed by atoms with Crippen LogP contribution in [0, 0.1) is 0 Å². The van der Waals surface area contributed by atoms with E-state index in [4.69, 9.17) is 0 Å². The van der Waals surface area contributed by atoms with Crippen LogP contribution in [0.3, 0.4) is 0 Å². The third-order valence-corrected chi connectivity index (χ3v) is 4.09. The second-order valence-electron chi connectivity index (χ2n) is 5.68. The minimum atomic E-state index is 0.239. The number of nitrogens with one attached hydrogen (secondary N) is 2. The van der Waals surface area contributed by atoms with Crippen LogP contribution in [0.2, 0.25) is 0 Å². The van der Waals surface area contributed by atoms with Crippen LogP contribution in [0.1, 0.15) is 45.4 Å². The average Bonchev–Trinajstić information content (AvgIpc) is 2.84. The molecule has 0 aliphatic carbocycles. The third kappa shape index (κ3) is 4.25. The molecule has 4 heteroatoms. The van der Waals surface area contributed by atoms with Gasteiger partial charge in [0.25, 0.3) is 0 Å². The average molecular weight is 253 g/mol. The van der Waals surface area contributed by atoms with Crippen molar-refractivity contribution >= 4 is 5.91 Å². The van der Waals surface area contributed by atoms with Crippen molar-refractivity contribution < 1.29 is 4.79 Å². The molecule has 1 atom stereocenters. The van der Waals surface area contributed by atoms with Crippen LogP contribution >= 0.6 is 0 Å². The Labute approximate surface area is 110 Å². The molecule has 0 spiro atoms. The zero-order valence-corrected chi connectivity index (χ0v) is 11.6. The molecule has 0 aromatic rings. The monoisotopic (exact) mass is 253 g/mol. The first-order valence-corrected chi connectivity index (χ1v) is 7.53. The molecule has 2 aliphatic rings. The van der Waals surface area contributed by atoms with E-state index < -0.39 is 0 Å². The predicted molar refractivity (Wildman–Crippen MR) is 73.5 cm³/mol. The van der Waals surface area contributed by atoms with Gasteiger partial charge in [-0.15, -0.1) is 0 Å². The van der Waals surface area contributed by atoms with Gasteiger partial charge in [0.05, 0.1) is 0 Å². The van der Waals surface area contributed by atoms with E-state index in [0.717, 1.165) is 38.9 Å². The number of carbonyl (C=O) groups excluding carboxylic acids is 1. The molecule has 2 heterocycles. The molecule has 0 aromatic heterocycles. The Balaban J connectivity index is 1.63. The third-order valence-electron chi connectivity index (χ3n) is 4.09. The zero-order valence-electron chi connectivity index (χ0n) is 11.6. The maximum absolute atomic E-state index is 11.9. The summed E-state index contributed by atoms with van der Waals surface area (Å²) in [5.41, 5.74) is 0. The minimum absolute atomic E-state index is 0.239. The second kappa shape index (κ2) is 7.10. The van der Waals surface area contributed by atoms with Gasteiger partial charge in [-0.05, 0) is 45.2 Å². The number of hydrogen-bond donors (Lipinski definition) is 2. The number of amides is 1. The highest BCUT2D eigenvalue weighted by Gasteiger charge is 2.22. The van der Waals surface area contributed by atoms with Gasteiger partial charge in [-0.2, -0.15) is 0 Å². The smallest absolute Gasteiger partial charge is 0.221 e. The summed E-state index contributed by atoms with van der Waals surface area (Å²) in [6, 6.07) is 0.831. The van der Waals surface area contributed by atoms with E-state index in [1.807, 2.05) is 0 Å². The fraction of sp³-hybridized carbons (Fsp3) is 0.929. The summed E-state index contributed by atoms with van der Waals surface area (Å²) in [4.78, 5) is 14.4. The molecule has 0 bridgehead atoms. The fourth-order valence-electron chi connectivity index (χ4n) is 3.06. The van der Waals surface area contributed by atoms with Crippen molar-refractivity contribution in [3.63, 3.8) is 0 Å². The predicted octanol–water partition coefficient (Wildman–Crippen LogP) is 1.12. The Hall–Kier alpha value is -0.610. The number of piperidine rings is 1. The van der Waals surface area contributed by atoms with Gasteiger partial charge < -0.3 is 15.5 Å². The molecule has 104 valence electrons. The van der Waals surface area contributed by atoms with Gasteiger partial charge in [0.15, 0.2) is 0 Å². The lowest BCUT2D eigenvalue weighted by Crippen LogP contribution is -2.45. The Morgan fingerprint density at radius 3 is 2.72 bits per heavy atom. The molecule has 18 heavy (non-hydrogen) atoms. The van der Waals surface area contributed by atoms with E-state index in [-0.39, 0.29) is 5.91 Å². The molecule has 1 unspecified atom stereocenters. The number of likely N-dealkylation sites (tertiary alicyclic amines) is 1. The highest BCUT2D eigenvalue weighted by atomic mass is 16.1. The van der Waals surface area contributed by atoms with Crippen LogP contribution in [-0.4, -0.2) is 49.1 Å². The summed E-state index contributed by atoms with van der Waals surface area (Å²) in [5.74, 6) is 0.239. The van der Waals surface area contributed by atoms with Crippen molar-refractivity contribution in [2.24, 2.45) is 0 Å². The summed E-state index contributed by atoms with van der Waals surface area (Å²) >= 11 is 0. The second-order valence-corrected chi connectivity index (χ2v) is 5.68. The first kappa shape index (κ1) is 13.8.